The van der Waals surface area contributed by atoms with E-state index in [9.17, 15) is 5.21 Å². The summed E-state index contributed by atoms with van der Waals surface area (Å²) < 4.78 is 0.833. The Bertz CT molecular complexity index is 3320. The van der Waals surface area contributed by atoms with Crippen molar-refractivity contribution in [3.63, 3.8) is 0 Å². The number of nitrogens with zero attached hydrogens (tertiary/aromatic N) is 10. The molecule has 85 heavy (non-hydrogen) atoms. The number of para-hydroxylation sites is 1. The molecule has 11 rings (SSSR count). The minimum atomic E-state index is 0.729. The first-order chi connectivity index (χ1) is 40.3. The first kappa shape index (κ1) is 71.9. The molecule has 0 atom stereocenters. The summed E-state index contributed by atoms with van der Waals surface area (Å²) in [6.45, 7) is 40.5. The van der Waals surface area contributed by atoms with E-state index < -0.39 is 0 Å². The van der Waals surface area contributed by atoms with Crippen LogP contribution in [0, 0.1) is 144 Å². The van der Waals surface area contributed by atoms with Crippen molar-refractivity contribution in [1.82, 2.24) is 44.9 Å². The van der Waals surface area contributed by atoms with Crippen LogP contribution in [0.15, 0.2) is 196 Å². The van der Waals surface area contributed by atoms with Crippen LogP contribution in [0.1, 0.15) is 112 Å². The maximum atomic E-state index is 10.5. The zero-order valence-corrected chi connectivity index (χ0v) is 54.4. The van der Waals surface area contributed by atoms with Crippen molar-refractivity contribution in [3.8, 4) is 0 Å². The smallest absolute Gasteiger partial charge is 0.189 e. The van der Waals surface area contributed by atoms with E-state index in [1.54, 1.807) is 25.3 Å². The molecule has 1 aromatic carbocycles. The molecule has 0 radical (unpaired) electrons. The second-order valence-corrected chi connectivity index (χ2v) is 20.9. The van der Waals surface area contributed by atoms with Gasteiger partial charge in [0.15, 0.2) is 11.9 Å². The summed E-state index contributed by atoms with van der Waals surface area (Å²) in [6, 6.07) is 42.1. The summed E-state index contributed by atoms with van der Waals surface area (Å²) in [6.07, 6.45) is 19.9. The van der Waals surface area contributed by atoms with E-state index in [2.05, 4.69) is 149 Å². The fourth-order valence-corrected chi connectivity index (χ4v) is 6.79. The zero-order chi connectivity index (χ0) is 63.3. The lowest BCUT2D eigenvalue weighted by Crippen LogP contribution is -2.28. The molecule has 0 fully saturated rings. The van der Waals surface area contributed by atoms with Crippen molar-refractivity contribution < 1.29 is 4.73 Å². The summed E-state index contributed by atoms with van der Waals surface area (Å²) in [5.74, 6) is 0. The number of rotatable bonds is 0. The molecule has 11 heteroatoms. The Hall–Kier alpha value is -9.22. The standard InChI is InChI=1S/C10H9N.3C8H11N.4C7H9N.C6H7NO.C6H7N/c1-8-6-7-9-4-2-3-5-10(9)11-8;1-6-4-8(3)9-5-7(6)2;1-6-4-7(2)8(3)9-5-6;1-6-4-5-7(2)9-8(6)3;1-6-3-7(2)5-8-4-6;1-6-3-4-8-5-7(6)2;1-6-3-4-7(2)8-5-6;1-6-4-3-5-8-7(6)2;1-6-4-2-3-5-7(6)8;1-6-3-2-4-7-5-6/h2-7H,1H3;3*4-5H,1-3H3;4*3-5H,1-2H3;2-5H,1H3;2-5H,1H3. The number of hydrogen-bond donors (Lipinski definition) is 0. The lowest BCUT2D eigenvalue weighted by atomic mass is 10.2. The number of benzene rings is 1. The van der Waals surface area contributed by atoms with Gasteiger partial charge in [-0.2, -0.15) is 4.73 Å². The summed E-state index contributed by atoms with van der Waals surface area (Å²) in [5.41, 5.74) is 24.6. The Kier molecular flexibility index (Phi) is 33.9. The largest absolute Gasteiger partial charge is 0.619 e. The Morgan fingerprint density at radius 1 is 0.294 bits per heavy atom. The van der Waals surface area contributed by atoms with Gasteiger partial charge in [0.25, 0.3) is 0 Å². The van der Waals surface area contributed by atoms with Crippen LogP contribution in [0.5, 0.6) is 0 Å². The van der Waals surface area contributed by atoms with Gasteiger partial charge in [-0.25, -0.2) is 0 Å². The van der Waals surface area contributed by atoms with Crippen LogP contribution < -0.4 is 4.73 Å². The average molecular weight is 1140 g/mol. The molecule has 0 saturated carbocycles. The molecule has 0 unspecified atom stereocenters. The normalized spacial score (nSPS) is 9.46. The highest BCUT2D eigenvalue weighted by atomic mass is 16.5. The van der Waals surface area contributed by atoms with E-state index in [0.717, 1.165) is 55.8 Å². The summed E-state index contributed by atoms with van der Waals surface area (Å²) in [5, 5.41) is 11.7. The lowest BCUT2D eigenvalue weighted by Gasteiger charge is -1.97. The van der Waals surface area contributed by atoms with E-state index in [-0.39, 0.29) is 0 Å². The number of pyridine rings is 10. The average Bonchev–Trinajstić information content (AvgIpc) is 3.56. The minimum Gasteiger partial charge on any atom is -0.619 e. The number of hydrogen-bond acceptors (Lipinski definition) is 10. The van der Waals surface area contributed by atoms with Crippen LogP contribution in [0.4, 0.5) is 0 Å². The van der Waals surface area contributed by atoms with Crippen molar-refractivity contribution in [2.45, 2.75) is 138 Å². The Morgan fingerprint density at radius 3 is 1.29 bits per heavy atom. The monoisotopic (exact) mass is 1140 g/mol. The molecular weight excluding hydrogens is 1040 g/mol. The van der Waals surface area contributed by atoms with E-state index in [1.165, 1.54) is 78.3 Å². The zero-order valence-electron chi connectivity index (χ0n) is 54.4. The molecule has 11 nitrogen and oxygen atoms in total. The van der Waals surface area contributed by atoms with Gasteiger partial charge in [0, 0.05) is 126 Å². The van der Waals surface area contributed by atoms with Gasteiger partial charge in [0.1, 0.15) is 0 Å². The molecular formula is C74H92N10O. The van der Waals surface area contributed by atoms with Gasteiger partial charge < -0.3 is 5.21 Å². The second kappa shape index (κ2) is 40.1. The van der Waals surface area contributed by atoms with Crippen molar-refractivity contribution in [2.24, 2.45) is 0 Å². The quantitative estimate of drug-likeness (QED) is 0.106. The van der Waals surface area contributed by atoms with Crippen molar-refractivity contribution in [1.29, 1.82) is 0 Å². The highest BCUT2D eigenvalue weighted by molar-refractivity contribution is 5.78. The van der Waals surface area contributed by atoms with Crippen LogP contribution in [0.2, 0.25) is 0 Å². The molecule has 0 aliphatic carbocycles. The van der Waals surface area contributed by atoms with Crippen LogP contribution in [-0.2, 0) is 0 Å². The molecule has 10 heterocycles. The van der Waals surface area contributed by atoms with Crippen LogP contribution in [0.3, 0.4) is 0 Å². The lowest BCUT2D eigenvalue weighted by molar-refractivity contribution is -0.612. The predicted octanol–water partition coefficient (Wildman–Crippen LogP) is 17.4. The fourth-order valence-electron chi connectivity index (χ4n) is 6.79. The number of fused-ring (bicyclic) bond motifs is 1. The predicted molar refractivity (Wildman–Crippen MR) is 356 cm³/mol. The maximum Gasteiger partial charge on any atom is 0.189 e. The molecule has 444 valence electrons. The van der Waals surface area contributed by atoms with Gasteiger partial charge in [-0.1, -0.05) is 66.7 Å². The molecule has 0 bridgehead atoms. The SMILES string of the molecule is Cc1cc(C)c(C)cn1.Cc1ccc(C)c(C)n1.Cc1ccc(C)nc1.Cc1ccc2ccccc2n1.Cc1cccc[n+]1[O-].Cc1cccnc1.Cc1cccnc1C.Cc1ccncc1C.Cc1cnc(C)c(C)c1.Cc1cncc(C)c1. The molecule has 11 aromatic rings. The second-order valence-electron chi connectivity index (χ2n) is 20.9. The Morgan fingerprint density at radius 2 is 0.847 bits per heavy atom. The Balaban J connectivity index is 0.000000323. The third kappa shape index (κ3) is 32.3. The van der Waals surface area contributed by atoms with Crippen molar-refractivity contribution >= 4 is 10.9 Å². The minimum absolute atomic E-state index is 0.729. The van der Waals surface area contributed by atoms with Gasteiger partial charge in [-0.05, 0) is 247 Å². The summed E-state index contributed by atoms with van der Waals surface area (Å²) in [4.78, 5) is 36.9. The summed E-state index contributed by atoms with van der Waals surface area (Å²) >= 11 is 0. The number of aromatic nitrogens is 10. The first-order valence-corrected chi connectivity index (χ1v) is 28.4. The van der Waals surface area contributed by atoms with Crippen molar-refractivity contribution in [3.05, 3.63) is 313 Å². The van der Waals surface area contributed by atoms with Gasteiger partial charge in [0.2, 0.25) is 0 Å². The highest BCUT2D eigenvalue weighted by Gasteiger charge is 1.95. The molecule has 0 aliphatic rings. The van der Waals surface area contributed by atoms with Crippen LogP contribution >= 0.6 is 0 Å². The van der Waals surface area contributed by atoms with Crippen LogP contribution in [0.25, 0.3) is 10.9 Å². The van der Waals surface area contributed by atoms with Gasteiger partial charge in [-0.15, -0.1) is 0 Å². The van der Waals surface area contributed by atoms with Crippen LogP contribution in [-0.4, -0.2) is 44.9 Å². The van der Waals surface area contributed by atoms with E-state index in [0.29, 0.717) is 0 Å². The van der Waals surface area contributed by atoms with E-state index in [1.807, 2.05) is 199 Å². The molecule has 0 N–H and O–H groups in total. The third-order valence-electron chi connectivity index (χ3n) is 12.7. The summed E-state index contributed by atoms with van der Waals surface area (Å²) in [7, 11) is 0. The molecule has 0 spiro atoms. The van der Waals surface area contributed by atoms with E-state index in [4.69, 9.17) is 0 Å². The molecule has 10 aromatic heterocycles. The first-order valence-electron chi connectivity index (χ1n) is 28.4. The Labute approximate surface area is 509 Å². The fraction of sp³-hybridized carbons (Fsp3) is 0.270. The van der Waals surface area contributed by atoms with E-state index >= 15 is 0 Å². The maximum absolute atomic E-state index is 10.5. The van der Waals surface area contributed by atoms with Crippen molar-refractivity contribution in [2.75, 3.05) is 0 Å². The highest BCUT2D eigenvalue weighted by Crippen LogP contribution is 2.11. The van der Waals surface area contributed by atoms with Gasteiger partial charge >= 0.3 is 0 Å². The van der Waals surface area contributed by atoms with Gasteiger partial charge in [-0.3, -0.25) is 44.9 Å². The third-order valence-corrected chi connectivity index (χ3v) is 12.7. The molecule has 0 saturated heterocycles. The van der Waals surface area contributed by atoms with Gasteiger partial charge in [0.05, 0.1) is 5.52 Å². The molecule has 0 amide bonds. The topological polar surface area (TPSA) is 143 Å². The molecule has 0 aliphatic heterocycles. The number of aryl methyl sites for hydroxylation is 20.